The van der Waals surface area contributed by atoms with Crippen molar-refractivity contribution >= 4 is 17.6 Å². The average Bonchev–Trinajstić information content (AvgIpc) is 2.81. The zero-order chi connectivity index (χ0) is 21.6. The Morgan fingerprint density at radius 1 is 0.871 bits per heavy atom. The first-order valence-corrected chi connectivity index (χ1v) is 11.3. The van der Waals surface area contributed by atoms with E-state index in [0.29, 0.717) is 25.7 Å². The fourth-order valence-electron chi connectivity index (χ4n) is 4.44. The van der Waals surface area contributed by atoms with Gasteiger partial charge < -0.3 is 15.1 Å². The Morgan fingerprint density at radius 2 is 1.55 bits per heavy atom. The van der Waals surface area contributed by atoms with Crippen molar-refractivity contribution in [3.63, 3.8) is 0 Å². The maximum Gasteiger partial charge on any atom is 0.321 e. The Balaban J connectivity index is 1.24. The molecule has 2 saturated heterocycles. The summed E-state index contributed by atoms with van der Waals surface area (Å²) < 4.78 is 0. The van der Waals surface area contributed by atoms with Crippen LogP contribution >= 0.6 is 0 Å². The van der Waals surface area contributed by atoms with Crippen LogP contribution in [0.15, 0.2) is 54.6 Å². The van der Waals surface area contributed by atoms with E-state index in [4.69, 9.17) is 0 Å². The summed E-state index contributed by atoms with van der Waals surface area (Å²) in [7, 11) is 0. The fourth-order valence-corrected chi connectivity index (χ4v) is 4.44. The molecule has 2 aliphatic rings. The van der Waals surface area contributed by atoms with Crippen molar-refractivity contribution in [2.24, 2.45) is 0 Å². The number of carbonyl (C=O) groups excluding carboxylic acids is 2. The summed E-state index contributed by atoms with van der Waals surface area (Å²) in [5.74, 6) is 0.226. The summed E-state index contributed by atoms with van der Waals surface area (Å²) in [6.45, 7) is 6.22. The number of hydrogen-bond acceptors (Lipinski definition) is 3. The molecule has 31 heavy (non-hydrogen) atoms. The lowest BCUT2D eigenvalue weighted by molar-refractivity contribution is -0.136. The van der Waals surface area contributed by atoms with Crippen LogP contribution in [0.4, 0.5) is 10.5 Å². The fraction of sp³-hybridized carbons (Fsp3) is 0.440. The highest BCUT2D eigenvalue weighted by atomic mass is 16.2. The van der Waals surface area contributed by atoms with Gasteiger partial charge in [-0.3, -0.25) is 9.69 Å². The third kappa shape index (κ3) is 5.44. The van der Waals surface area contributed by atoms with Crippen LogP contribution < -0.4 is 5.32 Å². The van der Waals surface area contributed by atoms with Crippen molar-refractivity contribution in [1.82, 2.24) is 14.7 Å². The molecule has 2 aromatic rings. The maximum absolute atomic E-state index is 12.7. The van der Waals surface area contributed by atoms with Gasteiger partial charge in [-0.1, -0.05) is 42.5 Å². The molecule has 2 fully saturated rings. The monoisotopic (exact) mass is 420 g/mol. The maximum atomic E-state index is 12.7. The Bertz CT molecular complexity index is 876. The minimum atomic E-state index is -0.0805. The van der Waals surface area contributed by atoms with E-state index in [1.807, 2.05) is 52.3 Å². The number of rotatable bonds is 4. The first-order valence-electron chi connectivity index (χ1n) is 11.3. The van der Waals surface area contributed by atoms with Gasteiger partial charge in [0.25, 0.3) is 0 Å². The number of nitrogens with one attached hydrogen (secondary N) is 1. The largest absolute Gasteiger partial charge is 0.339 e. The van der Waals surface area contributed by atoms with Crippen LogP contribution in [-0.2, 0) is 4.79 Å². The van der Waals surface area contributed by atoms with E-state index in [9.17, 15) is 9.59 Å². The zero-order valence-electron chi connectivity index (χ0n) is 18.3. The van der Waals surface area contributed by atoms with Crippen LogP contribution in [0.25, 0.3) is 11.1 Å². The number of urea groups is 1. The Morgan fingerprint density at radius 3 is 2.23 bits per heavy atom. The quantitative estimate of drug-likeness (QED) is 0.816. The summed E-state index contributed by atoms with van der Waals surface area (Å²) in [5.41, 5.74) is 3.08. The number of likely N-dealkylation sites (tertiary alicyclic amines) is 1. The van der Waals surface area contributed by atoms with Crippen LogP contribution in [-0.4, -0.2) is 71.9 Å². The number of hydrogen-bond donors (Lipinski definition) is 1. The Labute approximate surface area is 184 Å². The number of nitrogens with zero attached hydrogens (tertiary/aromatic N) is 3. The van der Waals surface area contributed by atoms with Gasteiger partial charge in [-0.15, -0.1) is 0 Å². The molecule has 0 radical (unpaired) electrons. The Hall–Kier alpha value is -2.86. The van der Waals surface area contributed by atoms with Gasteiger partial charge in [0.1, 0.15) is 0 Å². The molecule has 3 amide bonds. The lowest BCUT2D eigenvalue weighted by atomic mass is 10.0. The third-order valence-corrected chi connectivity index (χ3v) is 6.38. The van der Waals surface area contributed by atoms with Crippen LogP contribution in [0.2, 0.25) is 0 Å². The molecule has 0 bridgehead atoms. The van der Waals surface area contributed by atoms with Crippen LogP contribution in [0.5, 0.6) is 0 Å². The molecule has 2 aromatic carbocycles. The summed E-state index contributed by atoms with van der Waals surface area (Å²) in [6, 6.07) is 18.4. The molecule has 1 N–H and O–H groups in total. The molecular formula is C25H32N4O2. The second-order valence-electron chi connectivity index (χ2n) is 8.57. The molecule has 6 heteroatoms. The van der Waals surface area contributed by atoms with Gasteiger partial charge in [-0.05, 0) is 49.4 Å². The number of piperazine rings is 1. The van der Waals surface area contributed by atoms with Crippen molar-refractivity contribution < 1.29 is 9.59 Å². The summed E-state index contributed by atoms with van der Waals surface area (Å²) in [5, 5.41) is 3.00. The van der Waals surface area contributed by atoms with E-state index < -0.39 is 0 Å². The van der Waals surface area contributed by atoms with E-state index in [1.54, 1.807) is 0 Å². The first-order chi connectivity index (χ1) is 15.1. The highest BCUT2D eigenvalue weighted by Gasteiger charge is 2.27. The normalized spacial score (nSPS) is 19.8. The minimum absolute atomic E-state index is 0.0805. The van der Waals surface area contributed by atoms with Crippen molar-refractivity contribution in [2.45, 2.75) is 32.2 Å². The number of piperidine rings is 1. The van der Waals surface area contributed by atoms with E-state index >= 15 is 0 Å². The second kappa shape index (κ2) is 9.96. The SMILES string of the molecule is CC1CCCCN1C(=O)CN1CCN(C(=O)Nc2ccc(-c3ccccc3)cc2)CC1. The van der Waals surface area contributed by atoms with Crippen LogP contribution in [0, 0.1) is 0 Å². The topological polar surface area (TPSA) is 55.9 Å². The molecule has 0 aromatic heterocycles. The van der Waals surface area contributed by atoms with E-state index in [0.717, 1.165) is 49.3 Å². The molecule has 2 heterocycles. The second-order valence-corrected chi connectivity index (χ2v) is 8.57. The van der Waals surface area contributed by atoms with E-state index in [-0.39, 0.29) is 11.9 Å². The molecule has 6 nitrogen and oxygen atoms in total. The molecular weight excluding hydrogens is 388 g/mol. The molecule has 1 atom stereocenters. The van der Waals surface area contributed by atoms with Crippen LogP contribution in [0.3, 0.4) is 0 Å². The van der Waals surface area contributed by atoms with Crippen molar-refractivity contribution in [3.8, 4) is 11.1 Å². The molecule has 0 saturated carbocycles. The number of benzene rings is 2. The number of carbonyl (C=O) groups is 2. The summed E-state index contributed by atoms with van der Waals surface area (Å²) >= 11 is 0. The van der Waals surface area contributed by atoms with Crippen molar-refractivity contribution in [2.75, 3.05) is 44.6 Å². The van der Waals surface area contributed by atoms with Gasteiger partial charge in [0.05, 0.1) is 6.54 Å². The van der Waals surface area contributed by atoms with Crippen LogP contribution in [0.1, 0.15) is 26.2 Å². The number of anilines is 1. The third-order valence-electron chi connectivity index (χ3n) is 6.38. The average molecular weight is 421 g/mol. The van der Waals surface area contributed by atoms with Crippen molar-refractivity contribution in [3.05, 3.63) is 54.6 Å². The Kier molecular flexibility index (Phi) is 6.87. The molecule has 1 unspecified atom stereocenters. The molecule has 164 valence electrons. The minimum Gasteiger partial charge on any atom is -0.339 e. The molecule has 0 aliphatic carbocycles. The molecule has 4 rings (SSSR count). The van der Waals surface area contributed by atoms with Gasteiger partial charge >= 0.3 is 6.03 Å². The molecule has 2 aliphatic heterocycles. The highest BCUT2D eigenvalue weighted by molar-refractivity contribution is 5.89. The predicted molar refractivity (Wildman–Crippen MR) is 124 cm³/mol. The van der Waals surface area contributed by atoms with E-state index in [2.05, 4.69) is 29.3 Å². The van der Waals surface area contributed by atoms with Gasteiger partial charge in [0.2, 0.25) is 5.91 Å². The van der Waals surface area contributed by atoms with E-state index in [1.165, 1.54) is 6.42 Å². The highest BCUT2D eigenvalue weighted by Crippen LogP contribution is 2.21. The summed E-state index contributed by atoms with van der Waals surface area (Å²) in [4.78, 5) is 31.3. The molecule has 0 spiro atoms. The van der Waals surface area contributed by atoms with Gasteiger partial charge in [-0.2, -0.15) is 0 Å². The smallest absolute Gasteiger partial charge is 0.321 e. The van der Waals surface area contributed by atoms with Crippen molar-refractivity contribution in [1.29, 1.82) is 0 Å². The lowest BCUT2D eigenvalue weighted by Crippen LogP contribution is -2.53. The first kappa shape index (κ1) is 21.4. The lowest BCUT2D eigenvalue weighted by Gasteiger charge is -2.38. The standard InChI is InChI=1S/C25H32N4O2/c1-20-7-5-6-14-29(20)24(30)19-27-15-17-28(18-16-27)25(31)26-23-12-10-22(11-13-23)21-8-3-2-4-9-21/h2-4,8-13,20H,5-7,14-19H2,1H3,(H,26,31). The van der Waals surface area contributed by atoms with Gasteiger partial charge in [-0.25, -0.2) is 4.79 Å². The van der Waals surface area contributed by atoms with Gasteiger partial charge in [0.15, 0.2) is 0 Å². The summed E-state index contributed by atoms with van der Waals surface area (Å²) in [6.07, 6.45) is 3.43. The predicted octanol–water partition coefficient (Wildman–Crippen LogP) is 3.90. The van der Waals surface area contributed by atoms with Gasteiger partial charge in [0, 0.05) is 44.5 Å². The zero-order valence-corrected chi connectivity index (χ0v) is 18.3. The number of amides is 3.